The van der Waals surface area contributed by atoms with Crippen LogP contribution in [0.5, 0.6) is 17.4 Å². The van der Waals surface area contributed by atoms with Crippen molar-refractivity contribution in [2.45, 2.75) is 26.2 Å². The van der Waals surface area contributed by atoms with E-state index in [9.17, 15) is 14.0 Å². The fourth-order valence-corrected chi connectivity index (χ4v) is 3.82. The molecule has 2 aromatic carbocycles. The zero-order chi connectivity index (χ0) is 27.1. The summed E-state index contributed by atoms with van der Waals surface area (Å²) in [5, 5.41) is 3.49. The van der Waals surface area contributed by atoms with Gasteiger partial charge in [0.25, 0.3) is 0 Å². The molecule has 0 radical (unpaired) electrons. The number of nitrogens with two attached hydrogens (primary N) is 1. The molecule has 2 amide bonds. The van der Waals surface area contributed by atoms with Gasteiger partial charge in [0.15, 0.2) is 11.6 Å². The second-order valence-electron chi connectivity index (χ2n) is 8.32. The molecule has 196 valence electrons. The van der Waals surface area contributed by atoms with Gasteiger partial charge in [-0.25, -0.2) is 24.1 Å². The van der Waals surface area contributed by atoms with Gasteiger partial charge >= 0.3 is 6.09 Å². The molecule has 0 aliphatic carbocycles. The second kappa shape index (κ2) is 12.0. The first-order valence-corrected chi connectivity index (χ1v) is 11.8. The quantitative estimate of drug-likeness (QED) is 0.285. The third-order valence-electron chi connectivity index (χ3n) is 5.66. The third kappa shape index (κ3) is 6.30. The standard InChI is InChI=1S/C27H26FN5O5/c1-16-19-11-17(18-12-20(28)26(36-2)30-14-18)13-23(25(19)32-15-31-16)37-10-6-5-9-24(34)33-21-7-3-4-8-22(21)38-27(29)35/h3-4,7-8,11-15H,5-6,9-10H2,1-2H3,(H2,29,35)(H,33,34). The molecule has 2 aromatic heterocycles. The minimum atomic E-state index is -0.964. The normalized spacial score (nSPS) is 10.7. The molecule has 2 heterocycles. The van der Waals surface area contributed by atoms with Crippen molar-refractivity contribution in [1.29, 1.82) is 0 Å². The molecule has 4 rings (SSSR count). The van der Waals surface area contributed by atoms with Crippen LogP contribution in [0.25, 0.3) is 22.0 Å². The minimum Gasteiger partial charge on any atom is -0.491 e. The van der Waals surface area contributed by atoms with Gasteiger partial charge in [-0.3, -0.25) is 4.79 Å². The number of aryl methyl sites for hydroxylation is 1. The summed E-state index contributed by atoms with van der Waals surface area (Å²) in [4.78, 5) is 36.1. The predicted octanol–water partition coefficient (Wildman–Crippen LogP) is 4.79. The molecule has 4 aromatic rings. The highest BCUT2D eigenvalue weighted by atomic mass is 19.1. The summed E-state index contributed by atoms with van der Waals surface area (Å²) in [5.74, 6) is -0.210. The number of hydrogen-bond acceptors (Lipinski definition) is 8. The van der Waals surface area contributed by atoms with E-state index in [0.717, 1.165) is 11.1 Å². The Morgan fingerprint density at radius 3 is 2.61 bits per heavy atom. The monoisotopic (exact) mass is 519 g/mol. The molecule has 3 N–H and O–H groups in total. The van der Waals surface area contributed by atoms with Gasteiger partial charge in [0, 0.05) is 29.3 Å². The zero-order valence-electron chi connectivity index (χ0n) is 20.9. The number of hydrogen-bond donors (Lipinski definition) is 2. The van der Waals surface area contributed by atoms with Crippen molar-refractivity contribution < 1.29 is 28.2 Å². The van der Waals surface area contributed by atoms with Gasteiger partial charge in [-0.15, -0.1) is 0 Å². The van der Waals surface area contributed by atoms with Crippen LogP contribution in [0.4, 0.5) is 14.9 Å². The van der Waals surface area contributed by atoms with Crippen molar-refractivity contribution in [3.8, 4) is 28.5 Å². The number of halogens is 1. The number of methoxy groups -OCH3 is 1. The maximum atomic E-state index is 14.3. The van der Waals surface area contributed by atoms with E-state index in [4.69, 9.17) is 19.9 Å². The molecule has 0 aliphatic rings. The van der Waals surface area contributed by atoms with Crippen LogP contribution in [0.15, 0.2) is 55.0 Å². The molecule has 0 aliphatic heterocycles. The molecule has 0 atom stereocenters. The van der Waals surface area contributed by atoms with Gasteiger partial charge in [-0.1, -0.05) is 12.1 Å². The van der Waals surface area contributed by atoms with E-state index in [-0.39, 0.29) is 24.0 Å². The first-order chi connectivity index (χ1) is 18.4. The van der Waals surface area contributed by atoms with Crippen molar-refractivity contribution in [3.05, 3.63) is 66.5 Å². The number of para-hydroxylation sites is 2. The van der Waals surface area contributed by atoms with E-state index in [1.165, 1.54) is 31.8 Å². The van der Waals surface area contributed by atoms with Crippen LogP contribution in [-0.4, -0.2) is 40.7 Å². The summed E-state index contributed by atoms with van der Waals surface area (Å²) >= 11 is 0. The van der Waals surface area contributed by atoms with Crippen molar-refractivity contribution in [1.82, 2.24) is 15.0 Å². The molecule has 0 saturated carbocycles. The van der Waals surface area contributed by atoms with Crippen LogP contribution in [0, 0.1) is 12.7 Å². The zero-order valence-corrected chi connectivity index (χ0v) is 20.9. The second-order valence-corrected chi connectivity index (χ2v) is 8.32. The summed E-state index contributed by atoms with van der Waals surface area (Å²) in [6, 6.07) is 11.5. The Hall–Kier alpha value is -4.80. The number of benzene rings is 2. The Balaban J connectivity index is 1.40. The Morgan fingerprint density at radius 1 is 1.03 bits per heavy atom. The van der Waals surface area contributed by atoms with Crippen LogP contribution in [0.1, 0.15) is 25.0 Å². The van der Waals surface area contributed by atoms with E-state index < -0.39 is 11.9 Å². The van der Waals surface area contributed by atoms with Crippen molar-refractivity contribution in [2.24, 2.45) is 5.73 Å². The van der Waals surface area contributed by atoms with Gasteiger partial charge < -0.3 is 25.3 Å². The average molecular weight is 520 g/mol. The largest absolute Gasteiger partial charge is 0.491 e. The van der Waals surface area contributed by atoms with E-state index in [0.29, 0.717) is 47.5 Å². The van der Waals surface area contributed by atoms with E-state index in [1.807, 2.05) is 13.0 Å². The average Bonchev–Trinajstić information content (AvgIpc) is 2.89. The summed E-state index contributed by atoms with van der Waals surface area (Å²) in [5.41, 5.74) is 8.05. The first kappa shape index (κ1) is 26.3. The lowest BCUT2D eigenvalue weighted by molar-refractivity contribution is -0.116. The molecule has 10 nitrogen and oxygen atoms in total. The van der Waals surface area contributed by atoms with Crippen LogP contribution in [0.3, 0.4) is 0 Å². The van der Waals surface area contributed by atoms with Crippen molar-refractivity contribution >= 4 is 28.6 Å². The number of fused-ring (bicyclic) bond motifs is 1. The SMILES string of the molecule is COc1ncc(-c2cc(OCCCCC(=O)Nc3ccccc3OC(N)=O)c3ncnc(C)c3c2)cc1F. The molecular weight excluding hydrogens is 493 g/mol. The predicted molar refractivity (Wildman–Crippen MR) is 139 cm³/mol. The third-order valence-corrected chi connectivity index (χ3v) is 5.66. The molecule has 0 saturated heterocycles. The number of anilines is 1. The molecular formula is C27H26FN5O5. The van der Waals surface area contributed by atoms with E-state index in [1.54, 1.807) is 24.3 Å². The molecule has 0 unspecified atom stereocenters. The Morgan fingerprint density at radius 2 is 1.84 bits per heavy atom. The minimum absolute atomic E-state index is 0.0848. The summed E-state index contributed by atoms with van der Waals surface area (Å²) in [6.07, 6.45) is 3.38. The maximum Gasteiger partial charge on any atom is 0.410 e. The van der Waals surface area contributed by atoms with Crippen LogP contribution < -0.4 is 25.3 Å². The molecule has 11 heteroatoms. The molecule has 0 spiro atoms. The topological polar surface area (TPSA) is 139 Å². The molecule has 38 heavy (non-hydrogen) atoms. The number of nitrogens with zero attached hydrogens (tertiary/aromatic N) is 3. The number of carbonyl (C=O) groups is 2. The van der Waals surface area contributed by atoms with Crippen LogP contribution in [0.2, 0.25) is 0 Å². The number of unbranched alkanes of at least 4 members (excludes halogenated alkanes) is 1. The van der Waals surface area contributed by atoms with Crippen molar-refractivity contribution in [2.75, 3.05) is 19.0 Å². The fourth-order valence-electron chi connectivity index (χ4n) is 3.82. The van der Waals surface area contributed by atoms with Crippen LogP contribution in [-0.2, 0) is 4.79 Å². The first-order valence-electron chi connectivity index (χ1n) is 11.8. The Kier molecular flexibility index (Phi) is 8.27. The lowest BCUT2D eigenvalue weighted by Crippen LogP contribution is -2.18. The Labute approximate surface area is 218 Å². The van der Waals surface area contributed by atoms with Crippen molar-refractivity contribution in [3.63, 3.8) is 0 Å². The van der Waals surface area contributed by atoms with Gasteiger partial charge in [-0.2, -0.15) is 0 Å². The van der Waals surface area contributed by atoms with Gasteiger partial charge in [0.2, 0.25) is 11.8 Å². The summed E-state index contributed by atoms with van der Waals surface area (Å²) in [7, 11) is 1.36. The smallest absolute Gasteiger partial charge is 0.410 e. The van der Waals surface area contributed by atoms with Crippen LogP contribution >= 0.6 is 0 Å². The Bertz CT molecular complexity index is 1480. The number of amides is 2. The van der Waals surface area contributed by atoms with E-state index in [2.05, 4.69) is 20.3 Å². The number of primary amides is 1. The van der Waals surface area contributed by atoms with Gasteiger partial charge in [-0.05, 0) is 55.7 Å². The number of rotatable bonds is 10. The van der Waals surface area contributed by atoms with Gasteiger partial charge in [0.1, 0.15) is 17.6 Å². The highest BCUT2D eigenvalue weighted by Crippen LogP contribution is 2.33. The summed E-state index contributed by atoms with van der Waals surface area (Å²) in [6.45, 7) is 2.18. The fraction of sp³-hybridized carbons (Fsp3) is 0.222. The molecule has 0 fully saturated rings. The lowest BCUT2D eigenvalue weighted by atomic mass is 10.0. The van der Waals surface area contributed by atoms with E-state index >= 15 is 0 Å². The maximum absolute atomic E-state index is 14.3. The number of aromatic nitrogens is 3. The highest BCUT2D eigenvalue weighted by molar-refractivity contribution is 5.93. The number of carbonyl (C=O) groups excluding carboxylic acids is 2. The highest BCUT2D eigenvalue weighted by Gasteiger charge is 2.14. The number of nitrogens with one attached hydrogen (secondary N) is 1. The molecule has 0 bridgehead atoms. The van der Waals surface area contributed by atoms with Gasteiger partial charge in [0.05, 0.1) is 19.4 Å². The number of ether oxygens (including phenoxy) is 3. The lowest BCUT2D eigenvalue weighted by Gasteiger charge is -2.13. The number of pyridine rings is 1. The summed E-state index contributed by atoms with van der Waals surface area (Å²) < 4.78 is 30.2.